The maximum Gasteiger partial charge on any atom is 0.417 e. The van der Waals surface area contributed by atoms with E-state index >= 15 is 0 Å². The molecule has 16 heavy (non-hydrogen) atoms. The molecule has 88 valence electrons. The van der Waals surface area contributed by atoms with E-state index in [-0.39, 0.29) is 17.8 Å². The molecule has 0 unspecified atom stereocenters. The molecule has 0 bridgehead atoms. The third-order valence-electron chi connectivity index (χ3n) is 2.19. The van der Waals surface area contributed by atoms with Crippen molar-refractivity contribution in [2.45, 2.75) is 26.4 Å². The monoisotopic (exact) mass is 230 g/mol. The fourth-order valence-electron chi connectivity index (χ4n) is 1.55. The molecule has 0 saturated heterocycles. The standard InChI is InChI=1S/C12H13F3O/c1-8(2)5-9-3-4-10(7-16)11(6-9)12(13,14)15/h3-4,6-8H,5H2,1-2H3. The van der Waals surface area contributed by atoms with Crippen LogP contribution in [0.5, 0.6) is 0 Å². The predicted octanol–water partition coefficient (Wildman–Crippen LogP) is 3.72. The van der Waals surface area contributed by atoms with Crippen LogP contribution >= 0.6 is 0 Å². The lowest BCUT2D eigenvalue weighted by atomic mass is 9.98. The third kappa shape index (κ3) is 3.08. The Morgan fingerprint density at radius 1 is 1.31 bits per heavy atom. The van der Waals surface area contributed by atoms with E-state index in [2.05, 4.69) is 0 Å². The highest BCUT2D eigenvalue weighted by molar-refractivity contribution is 5.77. The zero-order valence-electron chi connectivity index (χ0n) is 9.14. The molecule has 0 aromatic heterocycles. The number of hydrogen-bond acceptors (Lipinski definition) is 1. The summed E-state index contributed by atoms with van der Waals surface area (Å²) in [6.45, 7) is 3.86. The van der Waals surface area contributed by atoms with Gasteiger partial charge in [0, 0.05) is 5.56 Å². The summed E-state index contributed by atoms with van der Waals surface area (Å²) in [5.41, 5.74) is -0.548. The van der Waals surface area contributed by atoms with E-state index in [0.29, 0.717) is 12.0 Å². The molecule has 1 aromatic carbocycles. The fraction of sp³-hybridized carbons (Fsp3) is 0.417. The second kappa shape index (κ2) is 4.68. The minimum Gasteiger partial charge on any atom is -0.298 e. The van der Waals surface area contributed by atoms with E-state index in [9.17, 15) is 18.0 Å². The Kier molecular flexibility index (Phi) is 3.73. The van der Waals surface area contributed by atoms with Gasteiger partial charge in [-0.05, 0) is 24.0 Å². The Labute approximate surface area is 92.3 Å². The van der Waals surface area contributed by atoms with Crippen molar-refractivity contribution in [3.8, 4) is 0 Å². The molecule has 0 aliphatic rings. The topological polar surface area (TPSA) is 17.1 Å². The summed E-state index contributed by atoms with van der Waals surface area (Å²) < 4.78 is 37.8. The van der Waals surface area contributed by atoms with Gasteiger partial charge in [-0.1, -0.05) is 26.0 Å². The van der Waals surface area contributed by atoms with E-state index in [1.807, 2.05) is 13.8 Å². The van der Waals surface area contributed by atoms with E-state index in [0.717, 1.165) is 6.07 Å². The number of carbonyl (C=O) groups excluding carboxylic acids is 1. The van der Waals surface area contributed by atoms with Crippen LogP contribution in [0.4, 0.5) is 13.2 Å². The van der Waals surface area contributed by atoms with Crippen molar-refractivity contribution in [1.82, 2.24) is 0 Å². The largest absolute Gasteiger partial charge is 0.417 e. The number of hydrogen-bond donors (Lipinski definition) is 0. The first-order valence-corrected chi connectivity index (χ1v) is 5.00. The number of carbonyl (C=O) groups is 1. The van der Waals surface area contributed by atoms with Crippen molar-refractivity contribution in [2.24, 2.45) is 5.92 Å². The summed E-state index contributed by atoms with van der Waals surface area (Å²) in [4.78, 5) is 10.5. The number of aldehydes is 1. The molecule has 1 rings (SSSR count). The van der Waals surface area contributed by atoms with Gasteiger partial charge in [0.25, 0.3) is 0 Å². The van der Waals surface area contributed by atoms with Gasteiger partial charge in [-0.25, -0.2) is 0 Å². The molecule has 0 heterocycles. The lowest BCUT2D eigenvalue weighted by molar-refractivity contribution is -0.137. The summed E-state index contributed by atoms with van der Waals surface area (Å²) in [5.74, 6) is 0.281. The van der Waals surface area contributed by atoms with Crippen molar-refractivity contribution in [2.75, 3.05) is 0 Å². The van der Waals surface area contributed by atoms with Crippen molar-refractivity contribution in [3.63, 3.8) is 0 Å². The zero-order valence-corrected chi connectivity index (χ0v) is 9.14. The Balaban J connectivity index is 3.16. The van der Waals surface area contributed by atoms with Gasteiger partial charge in [0.15, 0.2) is 6.29 Å². The first-order chi connectivity index (χ1) is 7.34. The minimum absolute atomic E-state index is 0.238. The lowest BCUT2D eigenvalue weighted by Gasteiger charge is -2.12. The maximum absolute atomic E-state index is 12.6. The van der Waals surface area contributed by atoms with Crippen molar-refractivity contribution in [3.05, 3.63) is 34.9 Å². The fourth-order valence-corrected chi connectivity index (χ4v) is 1.55. The number of alkyl halides is 3. The van der Waals surface area contributed by atoms with Gasteiger partial charge in [-0.3, -0.25) is 4.79 Å². The third-order valence-corrected chi connectivity index (χ3v) is 2.19. The van der Waals surface area contributed by atoms with Crippen LogP contribution in [-0.4, -0.2) is 6.29 Å². The highest BCUT2D eigenvalue weighted by atomic mass is 19.4. The smallest absolute Gasteiger partial charge is 0.298 e. The normalized spacial score (nSPS) is 11.9. The second-order valence-electron chi connectivity index (χ2n) is 4.14. The van der Waals surface area contributed by atoms with Crippen LogP contribution in [-0.2, 0) is 12.6 Å². The highest BCUT2D eigenvalue weighted by Crippen LogP contribution is 2.32. The molecule has 1 aromatic rings. The average Bonchev–Trinajstić information content (AvgIpc) is 2.15. The molecular weight excluding hydrogens is 217 g/mol. The molecular formula is C12H13F3O. The SMILES string of the molecule is CC(C)Cc1ccc(C=O)c(C(F)(F)F)c1. The van der Waals surface area contributed by atoms with Gasteiger partial charge in [0.05, 0.1) is 5.56 Å². The van der Waals surface area contributed by atoms with Crippen molar-refractivity contribution < 1.29 is 18.0 Å². The van der Waals surface area contributed by atoms with Crippen LogP contribution in [0.1, 0.15) is 35.3 Å². The van der Waals surface area contributed by atoms with Gasteiger partial charge in [0.2, 0.25) is 0 Å². The number of halogens is 3. The van der Waals surface area contributed by atoms with Crippen LogP contribution in [0.25, 0.3) is 0 Å². The second-order valence-corrected chi connectivity index (χ2v) is 4.14. The lowest BCUT2D eigenvalue weighted by Crippen LogP contribution is -2.10. The zero-order chi connectivity index (χ0) is 12.3. The van der Waals surface area contributed by atoms with Gasteiger partial charge >= 0.3 is 6.18 Å². The van der Waals surface area contributed by atoms with Crippen LogP contribution in [0.15, 0.2) is 18.2 Å². The molecule has 0 aliphatic carbocycles. The van der Waals surface area contributed by atoms with Gasteiger partial charge in [0.1, 0.15) is 0 Å². The van der Waals surface area contributed by atoms with Gasteiger partial charge in [-0.2, -0.15) is 13.2 Å². The molecule has 0 fully saturated rings. The number of rotatable bonds is 3. The molecule has 0 aliphatic heterocycles. The van der Waals surface area contributed by atoms with Crippen molar-refractivity contribution in [1.29, 1.82) is 0 Å². The van der Waals surface area contributed by atoms with E-state index in [1.54, 1.807) is 6.07 Å². The van der Waals surface area contributed by atoms with Crippen LogP contribution in [0.3, 0.4) is 0 Å². The average molecular weight is 230 g/mol. The van der Waals surface area contributed by atoms with Gasteiger partial charge < -0.3 is 0 Å². The molecule has 0 radical (unpaired) electrons. The quantitative estimate of drug-likeness (QED) is 0.723. The van der Waals surface area contributed by atoms with E-state index in [1.165, 1.54) is 6.07 Å². The molecule has 0 atom stereocenters. The first kappa shape index (κ1) is 12.7. The molecule has 0 N–H and O–H groups in total. The summed E-state index contributed by atoms with van der Waals surface area (Å²) in [6.07, 6.45) is -3.66. The molecule has 0 saturated carbocycles. The van der Waals surface area contributed by atoms with E-state index < -0.39 is 11.7 Å². The molecule has 0 spiro atoms. The van der Waals surface area contributed by atoms with Crippen molar-refractivity contribution >= 4 is 6.29 Å². The summed E-state index contributed by atoms with van der Waals surface area (Å²) >= 11 is 0. The molecule has 4 heteroatoms. The number of benzene rings is 1. The Bertz CT molecular complexity index is 380. The Morgan fingerprint density at radius 2 is 1.94 bits per heavy atom. The maximum atomic E-state index is 12.6. The first-order valence-electron chi connectivity index (χ1n) is 5.00. The summed E-state index contributed by atoms with van der Waals surface area (Å²) in [5, 5.41) is 0. The minimum atomic E-state index is -4.47. The molecule has 1 nitrogen and oxygen atoms in total. The highest BCUT2D eigenvalue weighted by Gasteiger charge is 2.33. The predicted molar refractivity (Wildman–Crippen MR) is 55.4 cm³/mol. The van der Waals surface area contributed by atoms with Gasteiger partial charge in [-0.15, -0.1) is 0 Å². The van der Waals surface area contributed by atoms with Crippen LogP contribution in [0.2, 0.25) is 0 Å². The van der Waals surface area contributed by atoms with Crippen LogP contribution in [0, 0.1) is 5.92 Å². The summed E-state index contributed by atoms with van der Waals surface area (Å²) in [6, 6.07) is 3.86. The van der Waals surface area contributed by atoms with E-state index in [4.69, 9.17) is 0 Å². The summed E-state index contributed by atoms with van der Waals surface area (Å²) in [7, 11) is 0. The Morgan fingerprint density at radius 3 is 2.38 bits per heavy atom. The Hall–Kier alpha value is -1.32. The van der Waals surface area contributed by atoms with Crippen LogP contribution < -0.4 is 0 Å². The molecule has 0 amide bonds.